The van der Waals surface area contributed by atoms with Crippen molar-refractivity contribution in [3.63, 3.8) is 0 Å². The average molecular weight is 421 g/mol. The molecule has 0 aliphatic rings. The molecule has 0 saturated heterocycles. The molecule has 9 heteroatoms. The van der Waals surface area contributed by atoms with Gasteiger partial charge in [-0.3, -0.25) is 5.32 Å². The molecular weight excluding hydrogens is 399 g/mol. The molecule has 30 heavy (non-hydrogen) atoms. The molecule has 0 bridgehead atoms. The van der Waals surface area contributed by atoms with Gasteiger partial charge in [0.05, 0.1) is 25.8 Å². The fourth-order valence-corrected chi connectivity index (χ4v) is 3.17. The topological polar surface area (TPSA) is 68.5 Å². The Labute approximate surface area is 171 Å². The molecule has 1 aromatic heterocycles. The van der Waals surface area contributed by atoms with E-state index in [2.05, 4.69) is 10.3 Å². The van der Waals surface area contributed by atoms with Crippen LogP contribution < -0.4 is 14.8 Å². The van der Waals surface area contributed by atoms with Gasteiger partial charge < -0.3 is 19.1 Å². The maximum atomic E-state index is 13.1. The lowest BCUT2D eigenvalue weighted by Gasteiger charge is -2.21. The molecule has 3 aromatic rings. The van der Waals surface area contributed by atoms with Crippen molar-refractivity contribution in [2.24, 2.45) is 7.05 Å². The van der Waals surface area contributed by atoms with Gasteiger partial charge in [-0.1, -0.05) is 0 Å². The minimum atomic E-state index is -4.55. The molecule has 0 aliphatic heterocycles. The standard InChI is InChI=1S/C21H22F3N3O3/c1-27-5-4-25-20(27)19(14-8-17(29-2)11-18(9-14)30-3)26-12-13-6-15(21(22,23)24)10-16(28)7-13/h4-11,19,26,28H,12H2,1-3H3. The number of aromatic hydroxyl groups is 1. The van der Waals surface area contributed by atoms with Crippen LogP contribution in [0, 0.1) is 0 Å². The van der Waals surface area contributed by atoms with Crippen LogP contribution in [0.1, 0.15) is 28.6 Å². The molecule has 1 atom stereocenters. The summed E-state index contributed by atoms with van der Waals surface area (Å²) in [5, 5.41) is 13.0. The zero-order chi connectivity index (χ0) is 21.9. The first-order chi connectivity index (χ1) is 14.2. The molecule has 0 saturated carbocycles. The molecule has 2 N–H and O–H groups in total. The van der Waals surface area contributed by atoms with Crippen molar-refractivity contribution in [1.82, 2.24) is 14.9 Å². The van der Waals surface area contributed by atoms with Crippen molar-refractivity contribution >= 4 is 0 Å². The van der Waals surface area contributed by atoms with Crippen LogP contribution in [0.5, 0.6) is 17.2 Å². The molecule has 0 fully saturated rings. The molecule has 160 valence electrons. The van der Waals surface area contributed by atoms with Gasteiger partial charge in [-0.15, -0.1) is 0 Å². The summed E-state index contributed by atoms with van der Waals surface area (Å²) in [5.41, 5.74) is 0.143. The number of nitrogens with zero attached hydrogens (tertiary/aromatic N) is 2. The second kappa shape index (κ2) is 8.66. The summed E-state index contributed by atoms with van der Waals surface area (Å²) < 4.78 is 51.7. The minimum Gasteiger partial charge on any atom is -0.508 e. The molecule has 2 aromatic carbocycles. The Morgan fingerprint density at radius 1 is 1.07 bits per heavy atom. The van der Waals surface area contributed by atoms with Crippen LogP contribution in [0.25, 0.3) is 0 Å². The highest BCUT2D eigenvalue weighted by atomic mass is 19.4. The van der Waals surface area contributed by atoms with Crippen molar-refractivity contribution in [3.05, 3.63) is 71.3 Å². The lowest BCUT2D eigenvalue weighted by atomic mass is 10.0. The molecule has 1 unspecified atom stereocenters. The van der Waals surface area contributed by atoms with E-state index in [0.717, 1.165) is 11.6 Å². The third-order valence-corrected chi connectivity index (χ3v) is 4.64. The van der Waals surface area contributed by atoms with E-state index >= 15 is 0 Å². The third kappa shape index (κ3) is 4.85. The van der Waals surface area contributed by atoms with Gasteiger partial charge in [0, 0.05) is 32.1 Å². The van der Waals surface area contributed by atoms with E-state index in [1.54, 1.807) is 30.6 Å². The van der Waals surface area contributed by atoms with E-state index in [-0.39, 0.29) is 12.1 Å². The van der Waals surface area contributed by atoms with Crippen molar-refractivity contribution in [3.8, 4) is 17.2 Å². The summed E-state index contributed by atoms with van der Waals surface area (Å²) in [6.45, 7) is 0.0640. The second-order valence-electron chi connectivity index (χ2n) is 6.74. The summed E-state index contributed by atoms with van der Waals surface area (Å²) in [4.78, 5) is 4.38. The normalized spacial score (nSPS) is 12.6. The largest absolute Gasteiger partial charge is 0.508 e. The first kappa shape index (κ1) is 21.5. The summed E-state index contributed by atoms with van der Waals surface area (Å²) >= 11 is 0. The van der Waals surface area contributed by atoms with E-state index in [1.807, 2.05) is 11.6 Å². The summed E-state index contributed by atoms with van der Waals surface area (Å²) in [7, 11) is 4.89. The van der Waals surface area contributed by atoms with Crippen molar-refractivity contribution in [1.29, 1.82) is 0 Å². The number of hydrogen-bond donors (Lipinski definition) is 2. The maximum absolute atomic E-state index is 13.1. The van der Waals surface area contributed by atoms with Gasteiger partial charge in [0.15, 0.2) is 0 Å². The first-order valence-corrected chi connectivity index (χ1v) is 9.05. The Morgan fingerprint density at radius 2 is 1.73 bits per heavy atom. The summed E-state index contributed by atoms with van der Waals surface area (Å²) in [6, 6.07) is 7.87. The van der Waals surface area contributed by atoms with Crippen LogP contribution in [0.4, 0.5) is 13.2 Å². The second-order valence-corrected chi connectivity index (χ2v) is 6.74. The van der Waals surface area contributed by atoms with Crippen molar-refractivity contribution in [2.45, 2.75) is 18.8 Å². The lowest BCUT2D eigenvalue weighted by Crippen LogP contribution is -2.25. The Kier molecular flexibility index (Phi) is 6.21. The van der Waals surface area contributed by atoms with Gasteiger partial charge in [-0.2, -0.15) is 13.2 Å². The molecule has 3 rings (SSSR count). The molecule has 0 aliphatic carbocycles. The number of benzene rings is 2. The van der Waals surface area contributed by atoms with Crippen LogP contribution >= 0.6 is 0 Å². The van der Waals surface area contributed by atoms with Crippen LogP contribution in [0.15, 0.2) is 48.8 Å². The average Bonchev–Trinajstić information content (AvgIpc) is 3.12. The first-order valence-electron chi connectivity index (χ1n) is 9.05. The van der Waals surface area contributed by atoms with Gasteiger partial charge in [0.1, 0.15) is 23.1 Å². The number of nitrogens with one attached hydrogen (secondary N) is 1. The van der Waals surface area contributed by atoms with Crippen LogP contribution in [0.3, 0.4) is 0 Å². The monoisotopic (exact) mass is 421 g/mol. The fraction of sp³-hybridized carbons (Fsp3) is 0.286. The van der Waals surface area contributed by atoms with E-state index in [0.29, 0.717) is 23.4 Å². The van der Waals surface area contributed by atoms with Gasteiger partial charge in [0.25, 0.3) is 0 Å². The molecule has 0 amide bonds. The molecular formula is C21H22F3N3O3. The van der Waals surface area contributed by atoms with E-state index in [9.17, 15) is 18.3 Å². The van der Waals surface area contributed by atoms with Gasteiger partial charge >= 0.3 is 6.18 Å². The Hall–Kier alpha value is -3.20. The highest BCUT2D eigenvalue weighted by Crippen LogP contribution is 2.33. The Balaban J connectivity index is 1.96. The number of rotatable bonds is 7. The fourth-order valence-electron chi connectivity index (χ4n) is 3.17. The number of aryl methyl sites for hydroxylation is 1. The number of phenols is 1. The van der Waals surface area contributed by atoms with E-state index < -0.39 is 23.5 Å². The van der Waals surface area contributed by atoms with Crippen molar-refractivity contribution in [2.75, 3.05) is 14.2 Å². The minimum absolute atomic E-state index is 0.0640. The lowest BCUT2D eigenvalue weighted by molar-refractivity contribution is -0.137. The number of hydrogen-bond acceptors (Lipinski definition) is 5. The van der Waals surface area contributed by atoms with Gasteiger partial charge in [0.2, 0.25) is 0 Å². The van der Waals surface area contributed by atoms with Crippen molar-refractivity contribution < 1.29 is 27.8 Å². The maximum Gasteiger partial charge on any atom is 0.416 e. The highest BCUT2D eigenvalue weighted by molar-refractivity contribution is 5.42. The molecule has 0 radical (unpaired) electrons. The Bertz CT molecular complexity index is 996. The molecule has 6 nitrogen and oxygen atoms in total. The summed E-state index contributed by atoms with van der Waals surface area (Å²) in [5.74, 6) is 1.35. The summed E-state index contributed by atoms with van der Waals surface area (Å²) in [6.07, 6.45) is -1.14. The van der Waals surface area contributed by atoms with Crippen LogP contribution in [-0.2, 0) is 19.8 Å². The van der Waals surface area contributed by atoms with Crippen LogP contribution in [0.2, 0.25) is 0 Å². The van der Waals surface area contributed by atoms with Crippen LogP contribution in [-0.4, -0.2) is 28.9 Å². The number of halogens is 3. The molecule has 0 spiro atoms. The third-order valence-electron chi connectivity index (χ3n) is 4.64. The highest BCUT2D eigenvalue weighted by Gasteiger charge is 2.31. The number of phenolic OH excluding ortho intramolecular Hbond substituents is 1. The van der Waals surface area contributed by atoms with Gasteiger partial charge in [-0.25, -0.2) is 4.98 Å². The zero-order valence-corrected chi connectivity index (χ0v) is 16.7. The molecule has 1 heterocycles. The number of imidazole rings is 1. The van der Waals surface area contributed by atoms with E-state index in [4.69, 9.17) is 9.47 Å². The quantitative estimate of drug-likeness (QED) is 0.603. The Morgan fingerprint density at radius 3 is 2.27 bits per heavy atom. The number of aromatic nitrogens is 2. The van der Waals surface area contributed by atoms with Gasteiger partial charge in [-0.05, 0) is 41.5 Å². The van der Waals surface area contributed by atoms with E-state index in [1.165, 1.54) is 20.3 Å². The number of ether oxygens (including phenoxy) is 2. The SMILES string of the molecule is COc1cc(OC)cc(C(NCc2cc(O)cc(C(F)(F)F)c2)c2nccn2C)c1. The zero-order valence-electron chi connectivity index (χ0n) is 16.7. The number of alkyl halides is 3. The predicted molar refractivity (Wildman–Crippen MR) is 105 cm³/mol. The smallest absolute Gasteiger partial charge is 0.416 e. The predicted octanol–water partition coefficient (Wildman–Crippen LogP) is 4.04. The number of methoxy groups -OCH3 is 2.